The SMILES string of the molecule is CNC(=O)Cn1nc(-c2cccc(N3C[C@@H]4CCCN4c4nc(NC)ncc4C3=O)c2)oc1=O. The molecule has 0 radical (unpaired) electrons. The molecule has 1 fully saturated rings. The number of anilines is 3. The highest BCUT2D eigenvalue weighted by Gasteiger charge is 2.37. The molecular weight excluding hydrogens is 440 g/mol. The van der Waals surface area contributed by atoms with Gasteiger partial charge in [0.15, 0.2) is 0 Å². The number of amides is 2. The van der Waals surface area contributed by atoms with Crippen LogP contribution in [0.4, 0.5) is 17.5 Å². The van der Waals surface area contributed by atoms with Gasteiger partial charge in [0.1, 0.15) is 17.9 Å². The summed E-state index contributed by atoms with van der Waals surface area (Å²) in [4.78, 5) is 50.1. The van der Waals surface area contributed by atoms with Gasteiger partial charge in [0.05, 0.1) is 0 Å². The average Bonchev–Trinajstić information content (AvgIpc) is 3.45. The third-order valence-corrected chi connectivity index (χ3v) is 6.09. The summed E-state index contributed by atoms with van der Waals surface area (Å²) in [5.74, 6) is -0.115. The van der Waals surface area contributed by atoms with Gasteiger partial charge in [-0.3, -0.25) is 9.59 Å². The number of rotatable bonds is 5. The number of fused-ring (bicyclic) bond motifs is 3. The molecule has 0 bridgehead atoms. The highest BCUT2D eigenvalue weighted by atomic mass is 16.4. The Bertz CT molecular complexity index is 1320. The summed E-state index contributed by atoms with van der Waals surface area (Å²) in [5, 5.41) is 9.52. The van der Waals surface area contributed by atoms with Crippen molar-refractivity contribution >= 4 is 29.3 Å². The van der Waals surface area contributed by atoms with Gasteiger partial charge in [0.25, 0.3) is 5.91 Å². The molecule has 12 heteroatoms. The molecule has 2 N–H and O–H groups in total. The van der Waals surface area contributed by atoms with Crippen LogP contribution < -0.4 is 26.2 Å². The Kier molecular flexibility index (Phi) is 5.48. The quantitative estimate of drug-likeness (QED) is 0.559. The molecule has 1 saturated heterocycles. The van der Waals surface area contributed by atoms with Crippen LogP contribution in [0.1, 0.15) is 23.2 Å². The lowest BCUT2D eigenvalue weighted by Crippen LogP contribution is -2.39. The van der Waals surface area contributed by atoms with E-state index in [-0.39, 0.29) is 30.3 Å². The number of nitrogens with one attached hydrogen (secondary N) is 2. The molecule has 3 aromatic rings. The summed E-state index contributed by atoms with van der Waals surface area (Å²) in [6.07, 6.45) is 3.52. The third-order valence-electron chi connectivity index (χ3n) is 6.09. The Morgan fingerprint density at radius 2 is 2.12 bits per heavy atom. The monoisotopic (exact) mass is 464 g/mol. The highest BCUT2D eigenvalue weighted by Crippen LogP contribution is 2.34. The standard InChI is InChI=1S/C22H24N8O4/c1-23-17(31)12-30-22(33)34-19(27-30)13-5-3-6-14(9-13)29-11-15-7-4-8-28(15)18-16(20(29)32)10-25-21(24-2)26-18/h3,5-6,9-10,15H,4,7-8,11-12H2,1-2H3,(H,23,31)(H,24,25,26)/t15-/m0/s1. The van der Waals surface area contributed by atoms with Gasteiger partial charge in [-0.2, -0.15) is 9.67 Å². The molecule has 2 amide bonds. The van der Waals surface area contributed by atoms with Crippen LogP contribution in [0.5, 0.6) is 0 Å². The summed E-state index contributed by atoms with van der Waals surface area (Å²) < 4.78 is 6.23. The first kappa shape index (κ1) is 21.6. The zero-order valence-corrected chi connectivity index (χ0v) is 18.8. The van der Waals surface area contributed by atoms with E-state index in [0.717, 1.165) is 24.1 Å². The zero-order valence-electron chi connectivity index (χ0n) is 18.8. The molecule has 2 aliphatic rings. The van der Waals surface area contributed by atoms with E-state index < -0.39 is 5.76 Å². The fourth-order valence-electron chi connectivity index (χ4n) is 4.37. The van der Waals surface area contributed by atoms with E-state index in [1.165, 1.54) is 7.05 Å². The molecule has 0 unspecified atom stereocenters. The lowest BCUT2D eigenvalue weighted by molar-refractivity contribution is -0.121. The van der Waals surface area contributed by atoms with Gasteiger partial charge in [0, 0.05) is 50.7 Å². The highest BCUT2D eigenvalue weighted by molar-refractivity contribution is 6.10. The van der Waals surface area contributed by atoms with Crippen LogP contribution in [-0.2, 0) is 11.3 Å². The molecule has 4 heterocycles. The topological polar surface area (TPSA) is 138 Å². The predicted molar refractivity (Wildman–Crippen MR) is 124 cm³/mol. The molecule has 0 aliphatic carbocycles. The minimum absolute atomic E-state index is 0.0721. The van der Waals surface area contributed by atoms with E-state index in [4.69, 9.17) is 4.42 Å². The molecule has 1 aromatic carbocycles. The first-order valence-corrected chi connectivity index (χ1v) is 11.0. The number of aromatic nitrogens is 4. The van der Waals surface area contributed by atoms with Crippen molar-refractivity contribution in [3.63, 3.8) is 0 Å². The number of hydrogen-bond donors (Lipinski definition) is 2. The van der Waals surface area contributed by atoms with E-state index in [1.807, 2.05) is 6.07 Å². The molecule has 2 aliphatic heterocycles. The first-order chi connectivity index (χ1) is 16.5. The normalized spacial score (nSPS) is 17.2. The van der Waals surface area contributed by atoms with Crippen molar-refractivity contribution in [3.05, 3.63) is 46.6 Å². The van der Waals surface area contributed by atoms with E-state index in [2.05, 4.69) is 30.6 Å². The van der Waals surface area contributed by atoms with Crippen LogP contribution in [0.15, 0.2) is 39.7 Å². The van der Waals surface area contributed by atoms with Gasteiger partial charge < -0.3 is 24.9 Å². The fourth-order valence-corrected chi connectivity index (χ4v) is 4.37. The maximum Gasteiger partial charge on any atom is 0.437 e. The Hall–Kier alpha value is -4.22. The van der Waals surface area contributed by atoms with E-state index in [1.54, 1.807) is 36.3 Å². The molecular formula is C22H24N8O4. The van der Waals surface area contributed by atoms with Crippen molar-refractivity contribution in [2.75, 3.05) is 42.3 Å². The summed E-state index contributed by atoms with van der Waals surface area (Å²) in [6, 6.07) is 7.21. The van der Waals surface area contributed by atoms with Crippen LogP contribution in [-0.4, -0.2) is 64.8 Å². The van der Waals surface area contributed by atoms with E-state index in [9.17, 15) is 14.4 Å². The Balaban J connectivity index is 1.51. The third kappa shape index (κ3) is 3.76. The van der Waals surface area contributed by atoms with E-state index in [0.29, 0.717) is 35.1 Å². The smallest absolute Gasteiger partial charge is 0.388 e. The largest absolute Gasteiger partial charge is 0.437 e. The first-order valence-electron chi connectivity index (χ1n) is 11.0. The minimum atomic E-state index is -0.733. The maximum absolute atomic E-state index is 13.6. The minimum Gasteiger partial charge on any atom is -0.388 e. The van der Waals surface area contributed by atoms with Crippen LogP contribution in [0.3, 0.4) is 0 Å². The molecule has 12 nitrogen and oxygen atoms in total. The molecule has 2 aromatic heterocycles. The Labute approximate surface area is 194 Å². The molecule has 1 atom stereocenters. The van der Waals surface area contributed by atoms with Crippen molar-refractivity contribution in [1.82, 2.24) is 25.1 Å². The zero-order chi connectivity index (χ0) is 23.8. The maximum atomic E-state index is 13.6. The van der Waals surface area contributed by atoms with Gasteiger partial charge >= 0.3 is 5.76 Å². The van der Waals surface area contributed by atoms with Crippen molar-refractivity contribution in [2.24, 2.45) is 0 Å². The Morgan fingerprint density at radius 1 is 1.26 bits per heavy atom. The van der Waals surface area contributed by atoms with Crippen molar-refractivity contribution in [1.29, 1.82) is 0 Å². The number of hydrogen-bond acceptors (Lipinski definition) is 9. The van der Waals surface area contributed by atoms with Crippen molar-refractivity contribution in [2.45, 2.75) is 25.4 Å². The van der Waals surface area contributed by atoms with Gasteiger partial charge in [0.2, 0.25) is 17.7 Å². The summed E-state index contributed by atoms with van der Waals surface area (Å²) in [7, 11) is 3.22. The van der Waals surface area contributed by atoms with Crippen molar-refractivity contribution in [3.8, 4) is 11.5 Å². The number of nitrogens with zero attached hydrogens (tertiary/aromatic N) is 6. The Morgan fingerprint density at radius 3 is 2.91 bits per heavy atom. The van der Waals surface area contributed by atoms with Gasteiger partial charge in [-0.25, -0.2) is 9.78 Å². The molecule has 176 valence electrons. The summed E-state index contributed by atoms with van der Waals surface area (Å²) in [5.41, 5.74) is 1.60. The van der Waals surface area contributed by atoms with Crippen LogP contribution >= 0.6 is 0 Å². The van der Waals surface area contributed by atoms with Crippen molar-refractivity contribution < 1.29 is 14.0 Å². The van der Waals surface area contributed by atoms with Gasteiger partial charge in [-0.05, 0) is 31.0 Å². The fraction of sp³-hybridized carbons (Fsp3) is 0.364. The second-order valence-electron chi connectivity index (χ2n) is 8.14. The molecule has 34 heavy (non-hydrogen) atoms. The lowest BCUT2D eigenvalue weighted by Gasteiger charge is -2.27. The molecule has 5 rings (SSSR count). The van der Waals surface area contributed by atoms with Gasteiger partial charge in [-0.15, -0.1) is 5.10 Å². The molecule has 0 saturated carbocycles. The van der Waals surface area contributed by atoms with E-state index >= 15 is 0 Å². The van der Waals surface area contributed by atoms with Gasteiger partial charge in [-0.1, -0.05) is 6.07 Å². The predicted octanol–water partition coefficient (Wildman–Crippen LogP) is 0.710. The average molecular weight is 464 g/mol. The van der Waals surface area contributed by atoms with Crippen LogP contribution in [0.25, 0.3) is 11.5 Å². The summed E-state index contributed by atoms with van der Waals surface area (Å²) in [6.45, 7) is 1.07. The lowest BCUT2D eigenvalue weighted by atomic mass is 10.1. The van der Waals surface area contributed by atoms with Crippen LogP contribution in [0.2, 0.25) is 0 Å². The molecule has 0 spiro atoms. The second-order valence-corrected chi connectivity index (χ2v) is 8.14. The number of likely N-dealkylation sites (N-methyl/N-ethyl adjacent to an activating group) is 1. The number of carbonyl (C=O) groups is 2. The number of benzene rings is 1. The van der Waals surface area contributed by atoms with Crippen LogP contribution in [0, 0.1) is 0 Å². The number of carbonyl (C=O) groups excluding carboxylic acids is 2. The summed E-state index contributed by atoms with van der Waals surface area (Å²) >= 11 is 0. The second kappa shape index (κ2) is 8.61.